The number of aliphatic hydroxyl groups excluding tert-OH is 1. The van der Waals surface area contributed by atoms with E-state index in [4.69, 9.17) is 14.6 Å². The van der Waals surface area contributed by atoms with E-state index in [1.165, 1.54) is 6.42 Å². The van der Waals surface area contributed by atoms with E-state index in [1.54, 1.807) is 25.3 Å². The summed E-state index contributed by atoms with van der Waals surface area (Å²) in [5.74, 6) is 1.76. The second-order valence-electron chi connectivity index (χ2n) is 7.64. The maximum Gasteiger partial charge on any atom is 0.253 e. The number of nitrogens with zero attached hydrogens (tertiary/aromatic N) is 1. The topological polar surface area (TPSA) is 59.0 Å². The van der Waals surface area contributed by atoms with Crippen molar-refractivity contribution in [3.8, 4) is 11.5 Å². The van der Waals surface area contributed by atoms with Gasteiger partial charge in [-0.1, -0.05) is 20.8 Å². The van der Waals surface area contributed by atoms with Crippen molar-refractivity contribution in [3.05, 3.63) is 23.8 Å². The van der Waals surface area contributed by atoms with Crippen LogP contribution in [0.1, 0.15) is 50.4 Å². The van der Waals surface area contributed by atoms with Crippen LogP contribution in [0.4, 0.5) is 0 Å². The van der Waals surface area contributed by atoms with Crippen LogP contribution in [0.5, 0.6) is 11.5 Å². The molecule has 0 unspecified atom stereocenters. The van der Waals surface area contributed by atoms with Gasteiger partial charge in [-0.15, -0.1) is 0 Å². The molecule has 1 heterocycles. The molecule has 0 saturated carbocycles. The van der Waals surface area contributed by atoms with Crippen LogP contribution in [0.2, 0.25) is 0 Å². The smallest absolute Gasteiger partial charge is 0.253 e. The fraction of sp³-hybridized carbons (Fsp3) is 0.650. The second-order valence-corrected chi connectivity index (χ2v) is 7.64. The van der Waals surface area contributed by atoms with Gasteiger partial charge in [0.1, 0.15) is 6.61 Å². The number of ether oxygens (including phenoxy) is 2. The summed E-state index contributed by atoms with van der Waals surface area (Å²) in [4.78, 5) is 14.8. The summed E-state index contributed by atoms with van der Waals surface area (Å²) < 4.78 is 10.7. The van der Waals surface area contributed by atoms with Crippen molar-refractivity contribution >= 4 is 5.91 Å². The number of methoxy groups -OCH3 is 1. The summed E-state index contributed by atoms with van der Waals surface area (Å²) in [6, 6.07) is 5.22. The number of carbonyl (C=O) groups is 1. The summed E-state index contributed by atoms with van der Waals surface area (Å²) in [7, 11) is 1.56. The molecule has 0 aromatic heterocycles. The number of amides is 1. The minimum Gasteiger partial charge on any atom is -0.493 e. The van der Waals surface area contributed by atoms with Crippen LogP contribution in [-0.4, -0.2) is 49.3 Å². The zero-order valence-corrected chi connectivity index (χ0v) is 15.9. The Balaban J connectivity index is 2.06. The average molecular weight is 349 g/mol. The molecule has 1 amide bonds. The van der Waals surface area contributed by atoms with Gasteiger partial charge < -0.3 is 19.5 Å². The Bertz CT molecular complexity index is 577. The van der Waals surface area contributed by atoms with Gasteiger partial charge in [-0.3, -0.25) is 4.79 Å². The Morgan fingerprint density at radius 2 is 1.96 bits per heavy atom. The number of rotatable bonds is 7. The third-order valence-electron chi connectivity index (χ3n) is 4.92. The highest BCUT2D eigenvalue weighted by Gasteiger charge is 2.32. The Kier molecular flexibility index (Phi) is 6.71. The van der Waals surface area contributed by atoms with Gasteiger partial charge in [0, 0.05) is 18.7 Å². The second kappa shape index (κ2) is 8.56. The molecule has 1 aliphatic heterocycles. The first-order valence-electron chi connectivity index (χ1n) is 9.09. The fourth-order valence-electron chi connectivity index (χ4n) is 3.70. The van der Waals surface area contributed by atoms with E-state index in [2.05, 4.69) is 20.8 Å². The van der Waals surface area contributed by atoms with Gasteiger partial charge in [0.05, 0.1) is 13.7 Å². The molecule has 0 radical (unpaired) electrons. The maximum atomic E-state index is 12.8. The van der Waals surface area contributed by atoms with Crippen molar-refractivity contribution in [2.24, 2.45) is 11.3 Å². The van der Waals surface area contributed by atoms with Crippen LogP contribution in [0.3, 0.4) is 0 Å². The molecule has 1 saturated heterocycles. The van der Waals surface area contributed by atoms with E-state index in [-0.39, 0.29) is 19.1 Å². The molecule has 140 valence electrons. The molecule has 5 heteroatoms. The molecule has 2 rings (SSSR count). The maximum absolute atomic E-state index is 12.8. The quantitative estimate of drug-likeness (QED) is 0.820. The van der Waals surface area contributed by atoms with Gasteiger partial charge in [-0.2, -0.15) is 0 Å². The van der Waals surface area contributed by atoms with Crippen LogP contribution >= 0.6 is 0 Å². The number of hydrogen-bond acceptors (Lipinski definition) is 4. The number of aliphatic hydroxyl groups is 1. The minimum atomic E-state index is -0.0815. The lowest BCUT2D eigenvalue weighted by Gasteiger charge is -2.40. The van der Waals surface area contributed by atoms with Crippen molar-refractivity contribution in [2.45, 2.75) is 40.0 Å². The van der Waals surface area contributed by atoms with Crippen molar-refractivity contribution in [1.82, 2.24) is 4.90 Å². The molecule has 0 spiro atoms. The highest BCUT2D eigenvalue weighted by Crippen LogP contribution is 2.37. The number of carbonyl (C=O) groups excluding carboxylic acids is 1. The monoisotopic (exact) mass is 349 g/mol. The number of likely N-dealkylation sites (tertiary alicyclic amines) is 1. The van der Waals surface area contributed by atoms with E-state index < -0.39 is 0 Å². The largest absolute Gasteiger partial charge is 0.493 e. The molecule has 1 aromatic carbocycles. The lowest BCUT2D eigenvalue weighted by Crippen LogP contribution is -2.42. The first-order valence-corrected chi connectivity index (χ1v) is 9.09. The summed E-state index contributed by atoms with van der Waals surface area (Å²) >= 11 is 0. The molecule has 1 aliphatic rings. The number of benzene rings is 1. The van der Waals surface area contributed by atoms with E-state index in [0.717, 1.165) is 25.9 Å². The minimum absolute atomic E-state index is 0.0306. The van der Waals surface area contributed by atoms with Crippen molar-refractivity contribution in [1.29, 1.82) is 0 Å². The van der Waals surface area contributed by atoms with Gasteiger partial charge in [-0.25, -0.2) is 0 Å². The molecular formula is C20H31NO4. The zero-order chi connectivity index (χ0) is 18.4. The SMILES string of the molecule is COc1ccc(C(=O)N2CCC(C)(CC(C)C)CC2)cc1OCCO. The predicted octanol–water partition coefficient (Wildman–Crippen LogP) is 3.35. The van der Waals surface area contributed by atoms with Crippen LogP contribution in [0, 0.1) is 11.3 Å². The van der Waals surface area contributed by atoms with E-state index >= 15 is 0 Å². The van der Waals surface area contributed by atoms with Gasteiger partial charge in [0.15, 0.2) is 11.5 Å². The molecule has 0 bridgehead atoms. The van der Waals surface area contributed by atoms with Gasteiger partial charge in [0.2, 0.25) is 0 Å². The van der Waals surface area contributed by atoms with Crippen LogP contribution in [0.25, 0.3) is 0 Å². The highest BCUT2D eigenvalue weighted by molar-refractivity contribution is 5.95. The fourth-order valence-corrected chi connectivity index (χ4v) is 3.70. The Labute approximate surface area is 150 Å². The molecule has 25 heavy (non-hydrogen) atoms. The standard InChI is InChI=1S/C20H31NO4/c1-15(2)14-20(3)7-9-21(10-8-20)19(23)16-5-6-17(24-4)18(13-16)25-12-11-22/h5-6,13,15,22H,7-12,14H2,1-4H3. The van der Waals surface area contributed by atoms with Crippen LogP contribution in [0.15, 0.2) is 18.2 Å². The number of piperidine rings is 1. The van der Waals surface area contributed by atoms with Crippen molar-refractivity contribution < 1.29 is 19.4 Å². The Morgan fingerprint density at radius 1 is 1.28 bits per heavy atom. The third-order valence-corrected chi connectivity index (χ3v) is 4.92. The van der Waals surface area contributed by atoms with Gasteiger partial charge >= 0.3 is 0 Å². The predicted molar refractivity (Wildman–Crippen MR) is 98.3 cm³/mol. The summed E-state index contributed by atoms with van der Waals surface area (Å²) in [6.07, 6.45) is 3.29. The molecule has 0 aliphatic carbocycles. The first-order chi connectivity index (χ1) is 11.9. The molecule has 1 aromatic rings. The van der Waals surface area contributed by atoms with Crippen LogP contribution < -0.4 is 9.47 Å². The van der Waals surface area contributed by atoms with E-state index in [0.29, 0.717) is 28.4 Å². The van der Waals surface area contributed by atoms with Crippen molar-refractivity contribution in [2.75, 3.05) is 33.4 Å². The number of hydrogen-bond donors (Lipinski definition) is 1. The summed E-state index contributed by atoms with van der Waals surface area (Å²) in [6.45, 7) is 8.53. The Hall–Kier alpha value is -1.75. The molecule has 1 fully saturated rings. The molecule has 0 atom stereocenters. The van der Waals surface area contributed by atoms with Gasteiger partial charge in [-0.05, 0) is 48.8 Å². The summed E-state index contributed by atoms with van der Waals surface area (Å²) in [5, 5.41) is 8.94. The van der Waals surface area contributed by atoms with E-state index in [1.807, 2.05) is 4.90 Å². The van der Waals surface area contributed by atoms with E-state index in [9.17, 15) is 4.79 Å². The first kappa shape index (κ1) is 19.6. The molecule has 5 nitrogen and oxygen atoms in total. The normalized spacial score (nSPS) is 16.8. The lowest BCUT2D eigenvalue weighted by atomic mass is 9.74. The molecular weight excluding hydrogens is 318 g/mol. The highest BCUT2D eigenvalue weighted by atomic mass is 16.5. The Morgan fingerprint density at radius 3 is 2.52 bits per heavy atom. The average Bonchev–Trinajstić information content (AvgIpc) is 2.58. The lowest BCUT2D eigenvalue weighted by molar-refractivity contribution is 0.0569. The third kappa shape index (κ3) is 5.11. The van der Waals surface area contributed by atoms with Crippen LogP contribution in [-0.2, 0) is 0 Å². The van der Waals surface area contributed by atoms with Crippen molar-refractivity contribution in [3.63, 3.8) is 0 Å². The zero-order valence-electron chi connectivity index (χ0n) is 15.9. The summed E-state index contributed by atoms with van der Waals surface area (Å²) in [5.41, 5.74) is 0.932. The molecule has 1 N–H and O–H groups in total. The van der Waals surface area contributed by atoms with Gasteiger partial charge in [0.25, 0.3) is 5.91 Å².